The lowest BCUT2D eigenvalue weighted by atomic mass is 9.88. The Morgan fingerprint density at radius 3 is 2.50 bits per heavy atom. The molecule has 0 aliphatic rings. The van der Waals surface area contributed by atoms with Crippen LogP contribution >= 0.6 is 0 Å². The van der Waals surface area contributed by atoms with Gasteiger partial charge in [0.05, 0.1) is 0 Å². The third-order valence-corrected chi connectivity index (χ3v) is 1.67. The summed E-state index contributed by atoms with van der Waals surface area (Å²) in [6.45, 7) is 4.57. The smallest absolute Gasteiger partial charge is 0.302 e. The zero-order chi connectivity index (χ0) is 11.2. The molecule has 0 radical (unpaired) electrons. The van der Waals surface area contributed by atoms with Crippen molar-refractivity contribution in [2.45, 2.75) is 33.3 Å². The van der Waals surface area contributed by atoms with E-state index in [1.54, 1.807) is 13.8 Å². The molecule has 0 spiro atoms. The van der Waals surface area contributed by atoms with E-state index >= 15 is 0 Å². The van der Waals surface area contributed by atoms with Gasteiger partial charge in [-0.2, -0.15) is 0 Å². The van der Waals surface area contributed by atoms with Gasteiger partial charge in [0.15, 0.2) is 0 Å². The Labute approximate surface area is 82.9 Å². The summed E-state index contributed by atoms with van der Waals surface area (Å²) in [4.78, 5) is 25.2. The number of hydrogen-bond acceptors (Lipinski definition) is 5. The molecule has 0 aromatic rings. The van der Waals surface area contributed by atoms with Crippen molar-refractivity contribution in [3.8, 4) is 0 Å². The molecule has 0 saturated heterocycles. The van der Waals surface area contributed by atoms with Crippen LogP contribution in [-0.2, 0) is 19.2 Å². The standard InChI is InChI=1S/C9H16O5/c1-7(11)14-8(5-13-12)4-9(2,3)6-10/h6,8,12H,4-5H2,1-3H3. The van der Waals surface area contributed by atoms with Gasteiger partial charge in [0.25, 0.3) is 0 Å². The Hall–Kier alpha value is -0.940. The summed E-state index contributed by atoms with van der Waals surface area (Å²) in [5, 5.41) is 8.24. The zero-order valence-electron chi connectivity index (χ0n) is 8.65. The van der Waals surface area contributed by atoms with Crippen molar-refractivity contribution in [1.29, 1.82) is 0 Å². The molecule has 0 aromatic heterocycles. The van der Waals surface area contributed by atoms with Gasteiger partial charge in [-0.25, -0.2) is 4.89 Å². The second kappa shape index (κ2) is 5.72. The first kappa shape index (κ1) is 13.1. The molecule has 0 aromatic carbocycles. The second-order valence-corrected chi connectivity index (χ2v) is 3.84. The van der Waals surface area contributed by atoms with E-state index in [4.69, 9.17) is 9.99 Å². The highest BCUT2D eigenvalue weighted by molar-refractivity contribution is 5.66. The predicted molar refractivity (Wildman–Crippen MR) is 48.6 cm³/mol. The lowest BCUT2D eigenvalue weighted by Gasteiger charge is -2.23. The number of ether oxygens (including phenoxy) is 1. The maximum atomic E-state index is 10.7. The van der Waals surface area contributed by atoms with Gasteiger partial charge >= 0.3 is 5.97 Å². The van der Waals surface area contributed by atoms with Crippen LogP contribution in [0.1, 0.15) is 27.2 Å². The van der Waals surface area contributed by atoms with Gasteiger partial charge in [-0.15, -0.1) is 0 Å². The van der Waals surface area contributed by atoms with Crippen LogP contribution in [0.5, 0.6) is 0 Å². The van der Waals surface area contributed by atoms with Gasteiger partial charge in [-0.3, -0.25) is 10.1 Å². The fraction of sp³-hybridized carbons (Fsp3) is 0.778. The van der Waals surface area contributed by atoms with E-state index in [9.17, 15) is 9.59 Å². The van der Waals surface area contributed by atoms with Crippen molar-refractivity contribution in [1.82, 2.24) is 0 Å². The highest BCUT2D eigenvalue weighted by atomic mass is 17.1. The highest BCUT2D eigenvalue weighted by Gasteiger charge is 2.25. The molecule has 0 aliphatic heterocycles. The van der Waals surface area contributed by atoms with Crippen LogP contribution in [0.2, 0.25) is 0 Å². The van der Waals surface area contributed by atoms with Crippen LogP contribution in [0.15, 0.2) is 0 Å². The first-order valence-corrected chi connectivity index (χ1v) is 4.31. The third-order valence-electron chi connectivity index (χ3n) is 1.67. The predicted octanol–water partition coefficient (Wildman–Crippen LogP) is 1.02. The molecular formula is C9H16O5. The summed E-state index contributed by atoms with van der Waals surface area (Å²) in [7, 11) is 0. The summed E-state index contributed by atoms with van der Waals surface area (Å²) in [5.74, 6) is -0.464. The van der Waals surface area contributed by atoms with Crippen LogP contribution in [0.25, 0.3) is 0 Å². The first-order chi connectivity index (χ1) is 6.41. The topological polar surface area (TPSA) is 72.8 Å². The molecule has 0 saturated carbocycles. The second-order valence-electron chi connectivity index (χ2n) is 3.84. The number of esters is 1. The molecule has 5 heteroatoms. The molecule has 1 atom stereocenters. The SMILES string of the molecule is CC(=O)OC(COO)CC(C)(C)C=O. The first-order valence-electron chi connectivity index (χ1n) is 4.31. The van der Waals surface area contributed by atoms with Crippen LogP contribution in [-0.4, -0.2) is 30.2 Å². The van der Waals surface area contributed by atoms with Gasteiger partial charge in [0, 0.05) is 12.3 Å². The lowest BCUT2D eigenvalue weighted by Crippen LogP contribution is -2.29. The molecule has 14 heavy (non-hydrogen) atoms. The average Bonchev–Trinajstić information content (AvgIpc) is 2.03. The molecule has 5 nitrogen and oxygen atoms in total. The molecule has 1 unspecified atom stereocenters. The fourth-order valence-corrected chi connectivity index (χ4v) is 1.09. The Kier molecular flexibility index (Phi) is 5.34. The highest BCUT2D eigenvalue weighted by Crippen LogP contribution is 2.21. The molecule has 0 amide bonds. The Bertz CT molecular complexity index is 199. The lowest BCUT2D eigenvalue weighted by molar-refractivity contribution is -0.260. The van der Waals surface area contributed by atoms with Crippen molar-refractivity contribution in [2.24, 2.45) is 5.41 Å². The molecule has 0 heterocycles. The minimum atomic E-state index is -0.599. The van der Waals surface area contributed by atoms with E-state index in [2.05, 4.69) is 4.89 Å². The maximum Gasteiger partial charge on any atom is 0.302 e. The Morgan fingerprint density at radius 2 is 2.14 bits per heavy atom. The zero-order valence-corrected chi connectivity index (χ0v) is 8.65. The average molecular weight is 204 g/mol. The summed E-state index contributed by atoms with van der Waals surface area (Å²) in [6, 6.07) is 0. The van der Waals surface area contributed by atoms with Crippen molar-refractivity contribution in [2.75, 3.05) is 6.61 Å². The third kappa shape index (κ3) is 5.66. The van der Waals surface area contributed by atoms with Crippen molar-refractivity contribution in [3.63, 3.8) is 0 Å². The number of carbonyl (C=O) groups excluding carboxylic acids is 2. The molecule has 0 aliphatic carbocycles. The number of rotatable bonds is 6. The van der Waals surface area contributed by atoms with Crippen molar-refractivity contribution in [3.05, 3.63) is 0 Å². The molecule has 0 rings (SSSR count). The van der Waals surface area contributed by atoms with Gasteiger partial charge in [0.1, 0.15) is 19.0 Å². The van der Waals surface area contributed by atoms with Crippen LogP contribution < -0.4 is 0 Å². The van der Waals surface area contributed by atoms with Gasteiger partial charge in [-0.05, 0) is 6.42 Å². The minimum Gasteiger partial charge on any atom is -0.460 e. The summed E-state index contributed by atoms with van der Waals surface area (Å²) in [5.41, 5.74) is -0.599. The van der Waals surface area contributed by atoms with Crippen molar-refractivity contribution >= 4 is 12.3 Å². The minimum absolute atomic E-state index is 0.128. The monoisotopic (exact) mass is 204 g/mol. The summed E-state index contributed by atoms with van der Waals surface area (Å²) in [6.07, 6.45) is 0.495. The number of aldehydes is 1. The van der Waals surface area contributed by atoms with Gasteiger partial charge in [0.2, 0.25) is 0 Å². The molecule has 0 fully saturated rings. The number of hydrogen-bond donors (Lipinski definition) is 1. The molecule has 82 valence electrons. The van der Waals surface area contributed by atoms with E-state index in [1.807, 2.05) is 0 Å². The summed E-state index contributed by atoms with van der Waals surface area (Å²) >= 11 is 0. The van der Waals surface area contributed by atoms with E-state index in [0.29, 0.717) is 6.42 Å². The van der Waals surface area contributed by atoms with E-state index in [0.717, 1.165) is 6.29 Å². The van der Waals surface area contributed by atoms with E-state index in [-0.39, 0.29) is 6.61 Å². The van der Waals surface area contributed by atoms with Crippen molar-refractivity contribution < 1.29 is 24.5 Å². The van der Waals surface area contributed by atoms with Crippen LogP contribution in [0.3, 0.4) is 0 Å². The maximum absolute atomic E-state index is 10.7. The number of carbonyl (C=O) groups is 2. The molecular weight excluding hydrogens is 188 g/mol. The fourth-order valence-electron chi connectivity index (χ4n) is 1.09. The summed E-state index contributed by atoms with van der Waals surface area (Å²) < 4.78 is 4.85. The van der Waals surface area contributed by atoms with E-state index < -0.39 is 17.5 Å². The van der Waals surface area contributed by atoms with Gasteiger partial charge in [-0.1, -0.05) is 13.8 Å². The Morgan fingerprint density at radius 1 is 1.57 bits per heavy atom. The molecule has 1 N–H and O–H groups in total. The van der Waals surface area contributed by atoms with Crippen LogP contribution in [0.4, 0.5) is 0 Å². The quantitative estimate of drug-likeness (QED) is 0.302. The normalized spacial score (nSPS) is 13.4. The molecule has 0 bridgehead atoms. The Balaban J connectivity index is 4.21. The largest absolute Gasteiger partial charge is 0.460 e. The van der Waals surface area contributed by atoms with Gasteiger partial charge < -0.3 is 9.53 Å². The van der Waals surface area contributed by atoms with E-state index in [1.165, 1.54) is 6.92 Å². The van der Waals surface area contributed by atoms with Crippen LogP contribution in [0, 0.1) is 5.41 Å².